The summed E-state index contributed by atoms with van der Waals surface area (Å²) in [6.45, 7) is 1.64. The van der Waals surface area contributed by atoms with Gasteiger partial charge in [0.1, 0.15) is 6.04 Å². The van der Waals surface area contributed by atoms with Crippen LogP contribution in [0.5, 0.6) is 5.75 Å². The fraction of sp³-hybridized carbons (Fsp3) is 0.500. The van der Waals surface area contributed by atoms with Gasteiger partial charge in [0, 0.05) is 18.7 Å². The van der Waals surface area contributed by atoms with E-state index in [0.29, 0.717) is 25.3 Å². The molecule has 1 aliphatic rings. The highest BCUT2D eigenvalue weighted by molar-refractivity contribution is 5.75. The quantitative estimate of drug-likeness (QED) is 0.777. The third kappa shape index (κ3) is 3.08. The van der Waals surface area contributed by atoms with E-state index in [1.807, 2.05) is 4.90 Å². The first-order valence-corrected chi connectivity index (χ1v) is 6.38. The molecule has 1 saturated heterocycles. The molecule has 0 radical (unpaired) electrons. The van der Waals surface area contributed by atoms with Crippen LogP contribution in [0.25, 0.3) is 0 Å². The van der Waals surface area contributed by atoms with Crippen LogP contribution >= 0.6 is 0 Å². The zero-order chi connectivity index (χ0) is 14.5. The normalized spacial score (nSPS) is 19.6. The Bertz CT molecular complexity index is 480. The van der Waals surface area contributed by atoms with Crippen molar-refractivity contribution in [1.29, 1.82) is 0 Å². The van der Waals surface area contributed by atoms with Gasteiger partial charge < -0.3 is 14.2 Å². The molecule has 20 heavy (non-hydrogen) atoms. The molecule has 1 unspecified atom stereocenters. The lowest BCUT2D eigenvalue weighted by Crippen LogP contribution is -2.49. The highest BCUT2D eigenvalue weighted by Crippen LogP contribution is 2.22. The molecule has 5 nitrogen and oxygen atoms in total. The molecule has 1 aliphatic heterocycles. The number of carbonyl (C=O) groups is 1. The number of morpholine rings is 1. The van der Waals surface area contributed by atoms with Gasteiger partial charge in [-0.2, -0.15) is 0 Å². The van der Waals surface area contributed by atoms with Crippen LogP contribution in [0.4, 0.5) is 4.39 Å². The summed E-state index contributed by atoms with van der Waals surface area (Å²) in [4.78, 5) is 13.6. The van der Waals surface area contributed by atoms with Crippen molar-refractivity contribution in [1.82, 2.24) is 4.90 Å². The van der Waals surface area contributed by atoms with E-state index in [2.05, 4.69) is 0 Å². The molecule has 1 aromatic carbocycles. The largest absolute Gasteiger partial charge is 0.494 e. The lowest BCUT2D eigenvalue weighted by atomic mass is 10.1. The van der Waals surface area contributed by atoms with Gasteiger partial charge in [-0.25, -0.2) is 4.39 Å². The van der Waals surface area contributed by atoms with Gasteiger partial charge in [0.15, 0.2) is 11.6 Å². The molecule has 0 aromatic heterocycles. The van der Waals surface area contributed by atoms with Crippen molar-refractivity contribution in [3.63, 3.8) is 0 Å². The number of halogens is 1. The van der Waals surface area contributed by atoms with Gasteiger partial charge in [-0.3, -0.25) is 9.69 Å². The average Bonchev–Trinajstić information content (AvgIpc) is 2.49. The molecule has 0 N–H and O–H groups in total. The van der Waals surface area contributed by atoms with Gasteiger partial charge in [-0.05, 0) is 6.07 Å². The highest BCUT2D eigenvalue weighted by atomic mass is 19.1. The molecule has 1 fully saturated rings. The molecule has 1 aromatic rings. The molecule has 0 spiro atoms. The minimum absolute atomic E-state index is 0.199. The molecule has 110 valence electrons. The van der Waals surface area contributed by atoms with E-state index in [9.17, 15) is 9.18 Å². The summed E-state index contributed by atoms with van der Waals surface area (Å²) in [7, 11) is 2.76. The molecular weight excluding hydrogens is 265 g/mol. The van der Waals surface area contributed by atoms with Crippen LogP contribution < -0.4 is 4.74 Å². The Labute approximate surface area is 117 Å². The number of esters is 1. The summed E-state index contributed by atoms with van der Waals surface area (Å²) < 4.78 is 29.1. The average molecular weight is 283 g/mol. The van der Waals surface area contributed by atoms with Crippen molar-refractivity contribution in [2.24, 2.45) is 0 Å². The van der Waals surface area contributed by atoms with Crippen molar-refractivity contribution < 1.29 is 23.4 Å². The minimum atomic E-state index is -0.501. The summed E-state index contributed by atoms with van der Waals surface area (Å²) in [5.41, 5.74) is 0.486. The predicted molar refractivity (Wildman–Crippen MR) is 70.0 cm³/mol. The van der Waals surface area contributed by atoms with Crippen LogP contribution in [-0.2, 0) is 20.8 Å². The summed E-state index contributed by atoms with van der Waals surface area (Å²) >= 11 is 0. The zero-order valence-corrected chi connectivity index (χ0v) is 11.6. The summed E-state index contributed by atoms with van der Waals surface area (Å²) in [5.74, 6) is -0.566. The SMILES string of the molecule is COC(=O)C1COCCN1Cc1cccc(OC)c1F. The van der Waals surface area contributed by atoms with Crippen LogP contribution in [0.2, 0.25) is 0 Å². The molecule has 2 rings (SSSR count). The van der Waals surface area contributed by atoms with Crippen molar-refractivity contribution in [2.75, 3.05) is 34.0 Å². The van der Waals surface area contributed by atoms with Crippen molar-refractivity contribution in [3.05, 3.63) is 29.6 Å². The molecule has 6 heteroatoms. The van der Waals surface area contributed by atoms with Crippen molar-refractivity contribution in [3.8, 4) is 5.75 Å². The number of rotatable bonds is 4. The maximum atomic E-state index is 14.1. The third-order valence-electron chi connectivity index (χ3n) is 3.35. The Balaban J connectivity index is 2.16. The number of nitrogens with zero attached hydrogens (tertiary/aromatic N) is 1. The Hall–Kier alpha value is -1.66. The third-order valence-corrected chi connectivity index (χ3v) is 3.35. The molecule has 1 heterocycles. The van der Waals surface area contributed by atoms with Crippen LogP contribution in [0.3, 0.4) is 0 Å². The number of ether oxygens (including phenoxy) is 3. The summed E-state index contributed by atoms with van der Waals surface area (Å²) in [6, 6.07) is 4.47. The Morgan fingerprint density at radius 3 is 3.00 bits per heavy atom. The minimum Gasteiger partial charge on any atom is -0.494 e. The first-order valence-electron chi connectivity index (χ1n) is 6.38. The number of carbonyl (C=O) groups excluding carboxylic acids is 1. The Kier molecular flexibility index (Phi) is 4.92. The molecule has 0 bridgehead atoms. The van der Waals surface area contributed by atoms with Crippen molar-refractivity contribution in [2.45, 2.75) is 12.6 Å². The van der Waals surface area contributed by atoms with E-state index in [-0.39, 0.29) is 18.3 Å². The lowest BCUT2D eigenvalue weighted by Gasteiger charge is -2.33. The van der Waals surface area contributed by atoms with E-state index in [1.165, 1.54) is 14.2 Å². The molecule has 0 aliphatic carbocycles. The Morgan fingerprint density at radius 2 is 2.30 bits per heavy atom. The molecule has 0 saturated carbocycles. The number of hydrogen-bond donors (Lipinski definition) is 0. The lowest BCUT2D eigenvalue weighted by molar-refractivity contribution is -0.153. The Morgan fingerprint density at radius 1 is 1.50 bits per heavy atom. The fourth-order valence-corrected chi connectivity index (χ4v) is 2.24. The van der Waals surface area contributed by atoms with Gasteiger partial charge in [0.05, 0.1) is 27.4 Å². The first-order chi connectivity index (χ1) is 9.67. The number of benzene rings is 1. The van der Waals surface area contributed by atoms with E-state index in [1.54, 1.807) is 18.2 Å². The van der Waals surface area contributed by atoms with Gasteiger partial charge in [0.25, 0.3) is 0 Å². The fourth-order valence-electron chi connectivity index (χ4n) is 2.24. The second-order valence-corrected chi connectivity index (χ2v) is 4.52. The van der Waals surface area contributed by atoms with Crippen LogP contribution in [0.15, 0.2) is 18.2 Å². The van der Waals surface area contributed by atoms with E-state index >= 15 is 0 Å². The van der Waals surface area contributed by atoms with Crippen LogP contribution in [0, 0.1) is 5.82 Å². The molecule has 0 amide bonds. The maximum absolute atomic E-state index is 14.1. The smallest absolute Gasteiger partial charge is 0.325 e. The van der Waals surface area contributed by atoms with Gasteiger partial charge in [-0.1, -0.05) is 12.1 Å². The van der Waals surface area contributed by atoms with Crippen LogP contribution in [0.1, 0.15) is 5.56 Å². The second kappa shape index (κ2) is 6.67. The van der Waals surface area contributed by atoms with Gasteiger partial charge in [0.2, 0.25) is 0 Å². The monoisotopic (exact) mass is 283 g/mol. The number of hydrogen-bond acceptors (Lipinski definition) is 5. The first kappa shape index (κ1) is 14.7. The topological polar surface area (TPSA) is 48.0 Å². The maximum Gasteiger partial charge on any atom is 0.325 e. The summed E-state index contributed by atoms with van der Waals surface area (Å²) in [5, 5.41) is 0. The van der Waals surface area contributed by atoms with Crippen molar-refractivity contribution >= 4 is 5.97 Å². The van der Waals surface area contributed by atoms with E-state index < -0.39 is 11.9 Å². The highest BCUT2D eigenvalue weighted by Gasteiger charge is 2.30. The molecular formula is C14H18FNO4. The van der Waals surface area contributed by atoms with E-state index in [0.717, 1.165) is 0 Å². The van der Waals surface area contributed by atoms with Gasteiger partial charge >= 0.3 is 5.97 Å². The standard InChI is InChI=1S/C14H18FNO4/c1-18-12-5-3-4-10(13(12)15)8-16-6-7-20-9-11(16)14(17)19-2/h3-5,11H,6-9H2,1-2H3. The molecule has 1 atom stereocenters. The second-order valence-electron chi connectivity index (χ2n) is 4.52. The van der Waals surface area contributed by atoms with Crippen LogP contribution in [-0.4, -0.2) is 50.9 Å². The van der Waals surface area contributed by atoms with Gasteiger partial charge in [-0.15, -0.1) is 0 Å². The zero-order valence-electron chi connectivity index (χ0n) is 11.6. The predicted octanol–water partition coefficient (Wildman–Crippen LogP) is 1.21. The summed E-state index contributed by atoms with van der Waals surface area (Å²) in [6.07, 6.45) is 0. The number of methoxy groups -OCH3 is 2. The van der Waals surface area contributed by atoms with E-state index in [4.69, 9.17) is 14.2 Å².